The normalized spacial score (nSPS) is 19.4. The SMILES string of the molecule is CCNCCCN1CC(C(C)C)C1. The molecule has 0 saturated carbocycles. The average Bonchev–Trinajstić information content (AvgIpc) is 2.00. The second kappa shape index (κ2) is 5.61. The largest absolute Gasteiger partial charge is 0.317 e. The monoisotopic (exact) mass is 184 g/mol. The molecule has 0 aromatic carbocycles. The molecule has 78 valence electrons. The van der Waals surface area contributed by atoms with Gasteiger partial charge in [0.05, 0.1) is 0 Å². The lowest BCUT2D eigenvalue weighted by Gasteiger charge is -2.41. The van der Waals surface area contributed by atoms with Crippen LogP contribution in [0.4, 0.5) is 0 Å². The molecule has 0 spiro atoms. The van der Waals surface area contributed by atoms with Crippen molar-refractivity contribution in [3.05, 3.63) is 0 Å². The quantitative estimate of drug-likeness (QED) is 0.630. The summed E-state index contributed by atoms with van der Waals surface area (Å²) in [6.45, 7) is 13.1. The molecule has 1 fully saturated rings. The van der Waals surface area contributed by atoms with Gasteiger partial charge in [0.1, 0.15) is 0 Å². The van der Waals surface area contributed by atoms with Crippen molar-refractivity contribution in [3.8, 4) is 0 Å². The molecule has 1 saturated heterocycles. The van der Waals surface area contributed by atoms with E-state index in [2.05, 4.69) is 31.0 Å². The second-order valence-corrected chi connectivity index (χ2v) is 4.47. The Kier molecular flexibility index (Phi) is 4.74. The third kappa shape index (κ3) is 3.65. The Labute approximate surface area is 82.7 Å². The van der Waals surface area contributed by atoms with Gasteiger partial charge < -0.3 is 10.2 Å². The fourth-order valence-corrected chi connectivity index (χ4v) is 1.82. The van der Waals surface area contributed by atoms with Crippen LogP contribution in [-0.4, -0.2) is 37.6 Å². The molecule has 1 rings (SSSR count). The summed E-state index contributed by atoms with van der Waals surface area (Å²) < 4.78 is 0. The molecule has 1 heterocycles. The van der Waals surface area contributed by atoms with E-state index < -0.39 is 0 Å². The first-order valence-electron chi connectivity index (χ1n) is 5.67. The molecule has 0 aromatic rings. The zero-order chi connectivity index (χ0) is 9.68. The van der Waals surface area contributed by atoms with Crippen LogP contribution in [0.15, 0.2) is 0 Å². The molecule has 0 aliphatic carbocycles. The van der Waals surface area contributed by atoms with Gasteiger partial charge >= 0.3 is 0 Å². The highest BCUT2D eigenvalue weighted by atomic mass is 15.2. The van der Waals surface area contributed by atoms with Gasteiger partial charge in [0.25, 0.3) is 0 Å². The molecule has 0 radical (unpaired) electrons. The van der Waals surface area contributed by atoms with Gasteiger partial charge in [0, 0.05) is 13.1 Å². The van der Waals surface area contributed by atoms with Crippen LogP contribution in [0.3, 0.4) is 0 Å². The molecule has 13 heavy (non-hydrogen) atoms. The van der Waals surface area contributed by atoms with E-state index in [0.29, 0.717) is 0 Å². The Bertz CT molecular complexity index is 128. The molecule has 1 aliphatic heterocycles. The maximum Gasteiger partial charge on any atom is 0.00245 e. The highest BCUT2D eigenvalue weighted by molar-refractivity contribution is 4.81. The molecule has 1 aliphatic rings. The Morgan fingerprint density at radius 2 is 2.08 bits per heavy atom. The second-order valence-electron chi connectivity index (χ2n) is 4.47. The fraction of sp³-hybridized carbons (Fsp3) is 1.00. The van der Waals surface area contributed by atoms with Crippen LogP contribution in [0, 0.1) is 11.8 Å². The summed E-state index contributed by atoms with van der Waals surface area (Å²) in [7, 11) is 0. The van der Waals surface area contributed by atoms with Crippen molar-refractivity contribution in [3.63, 3.8) is 0 Å². The van der Waals surface area contributed by atoms with E-state index in [-0.39, 0.29) is 0 Å². The van der Waals surface area contributed by atoms with E-state index >= 15 is 0 Å². The lowest BCUT2D eigenvalue weighted by atomic mass is 9.88. The number of rotatable bonds is 6. The van der Waals surface area contributed by atoms with Crippen molar-refractivity contribution >= 4 is 0 Å². The van der Waals surface area contributed by atoms with Crippen LogP contribution in [-0.2, 0) is 0 Å². The molecule has 0 bridgehead atoms. The average molecular weight is 184 g/mol. The molecule has 0 unspecified atom stereocenters. The molecule has 0 aromatic heterocycles. The maximum atomic E-state index is 3.36. The molecule has 0 atom stereocenters. The maximum absolute atomic E-state index is 3.36. The van der Waals surface area contributed by atoms with Crippen molar-refractivity contribution in [2.75, 3.05) is 32.7 Å². The van der Waals surface area contributed by atoms with Gasteiger partial charge in [-0.15, -0.1) is 0 Å². The fourth-order valence-electron chi connectivity index (χ4n) is 1.82. The minimum Gasteiger partial charge on any atom is -0.317 e. The van der Waals surface area contributed by atoms with Crippen molar-refractivity contribution in [1.29, 1.82) is 0 Å². The smallest absolute Gasteiger partial charge is 0.00245 e. The third-order valence-electron chi connectivity index (χ3n) is 3.01. The molecule has 0 amide bonds. The summed E-state index contributed by atoms with van der Waals surface area (Å²) in [4.78, 5) is 2.57. The Hall–Kier alpha value is -0.0800. The van der Waals surface area contributed by atoms with Gasteiger partial charge in [-0.3, -0.25) is 0 Å². The van der Waals surface area contributed by atoms with Crippen LogP contribution < -0.4 is 5.32 Å². The van der Waals surface area contributed by atoms with Gasteiger partial charge in [-0.25, -0.2) is 0 Å². The summed E-state index contributed by atoms with van der Waals surface area (Å²) in [5.74, 6) is 1.85. The van der Waals surface area contributed by atoms with Crippen LogP contribution in [0.5, 0.6) is 0 Å². The Morgan fingerprint density at radius 3 is 2.62 bits per heavy atom. The van der Waals surface area contributed by atoms with Crippen molar-refractivity contribution < 1.29 is 0 Å². The van der Waals surface area contributed by atoms with Gasteiger partial charge in [0.2, 0.25) is 0 Å². The van der Waals surface area contributed by atoms with Crippen molar-refractivity contribution in [1.82, 2.24) is 10.2 Å². The first-order chi connectivity index (χ1) is 6.24. The topological polar surface area (TPSA) is 15.3 Å². The third-order valence-corrected chi connectivity index (χ3v) is 3.01. The molecule has 2 nitrogen and oxygen atoms in total. The lowest BCUT2D eigenvalue weighted by molar-refractivity contribution is 0.0678. The predicted molar refractivity (Wildman–Crippen MR) is 57.9 cm³/mol. The molecule has 2 heteroatoms. The minimum atomic E-state index is 0.880. The number of hydrogen-bond acceptors (Lipinski definition) is 2. The van der Waals surface area contributed by atoms with Gasteiger partial charge in [-0.1, -0.05) is 20.8 Å². The van der Waals surface area contributed by atoms with Gasteiger partial charge in [-0.2, -0.15) is 0 Å². The number of nitrogens with one attached hydrogen (secondary N) is 1. The van der Waals surface area contributed by atoms with Crippen LogP contribution in [0.2, 0.25) is 0 Å². The van der Waals surface area contributed by atoms with E-state index in [1.54, 1.807) is 0 Å². The highest BCUT2D eigenvalue weighted by Crippen LogP contribution is 2.22. The van der Waals surface area contributed by atoms with E-state index in [1.807, 2.05) is 0 Å². The zero-order valence-corrected chi connectivity index (χ0v) is 9.34. The Balaban J connectivity index is 1.90. The van der Waals surface area contributed by atoms with E-state index in [4.69, 9.17) is 0 Å². The van der Waals surface area contributed by atoms with E-state index in [9.17, 15) is 0 Å². The first-order valence-corrected chi connectivity index (χ1v) is 5.67. The summed E-state index contributed by atoms with van der Waals surface area (Å²) in [5, 5.41) is 3.36. The summed E-state index contributed by atoms with van der Waals surface area (Å²) in [6, 6.07) is 0. The van der Waals surface area contributed by atoms with Gasteiger partial charge in [0.15, 0.2) is 0 Å². The molecule has 1 N–H and O–H groups in total. The molecular weight excluding hydrogens is 160 g/mol. The number of hydrogen-bond donors (Lipinski definition) is 1. The van der Waals surface area contributed by atoms with E-state index in [1.165, 1.54) is 32.6 Å². The highest BCUT2D eigenvalue weighted by Gasteiger charge is 2.27. The first kappa shape index (κ1) is 11.0. The summed E-state index contributed by atoms with van der Waals surface area (Å²) in [5.41, 5.74) is 0. The van der Waals surface area contributed by atoms with Crippen LogP contribution in [0.1, 0.15) is 27.2 Å². The predicted octanol–water partition coefficient (Wildman–Crippen LogP) is 1.57. The number of nitrogens with zero attached hydrogens (tertiary/aromatic N) is 1. The lowest BCUT2D eigenvalue weighted by Crippen LogP contribution is -2.49. The zero-order valence-electron chi connectivity index (χ0n) is 9.34. The minimum absolute atomic E-state index is 0.880. The number of likely N-dealkylation sites (tertiary alicyclic amines) is 1. The van der Waals surface area contributed by atoms with Crippen molar-refractivity contribution in [2.24, 2.45) is 11.8 Å². The van der Waals surface area contributed by atoms with Crippen molar-refractivity contribution in [2.45, 2.75) is 27.2 Å². The van der Waals surface area contributed by atoms with E-state index in [0.717, 1.165) is 18.4 Å². The Morgan fingerprint density at radius 1 is 1.38 bits per heavy atom. The van der Waals surface area contributed by atoms with Crippen LogP contribution in [0.25, 0.3) is 0 Å². The molecular formula is C11H24N2. The van der Waals surface area contributed by atoms with Gasteiger partial charge in [-0.05, 0) is 37.9 Å². The standard InChI is InChI=1S/C11H24N2/c1-4-12-6-5-7-13-8-11(9-13)10(2)3/h10-12H,4-9H2,1-3H3. The summed E-state index contributed by atoms with van der Waals surface area (Å²) in [6.07, 6.45) is 1.30. The van der Waals surface area contributed by atoms with Crippen LogP contribution >= 0.6 is 0 Å². The summed E-state index contributed by atoms with van der Waals surface area (Å²) >= 11 is 0.